The Morgan fingerprint density at radius 1 is 1.03 bits per heavy atom. The fourth-order valence-corrected chi connectivity index (χ4v) is 3.59. The molecule has 0 bridgehead atoms. The molecule has 3 aromatic heterocycles. The minimum Gasteiger partial charge on any atom is -0.368 e. The third kappa shape index (κ3) is 3.35. The van der Waals surface area contributed by atoms with Gasteiger partial charge in [0.1, 0.15) is 11.6 Å². The molecule has 0 unspecified atom stereocenters. The van der Waals surface area contributed by atoms with Crippen molar-refractivity contribution in [1.82, 2.24) is 29.8 Å². The number of para-hydroxylation sites is 2. The van der Waals surface area contributed by atoms with Crippen molar-refractivity contribution in [2.75, 3.05) is 29.9 Å². The molecule has 0 saturated carbocycles. The van der Waals surface area contributed by atoms with Crippen LogP contribution >= 0.6 is 0 Å². The summed E-state index contributed by atoms with van der Waals surface area (Å²) in [4.78, 5) is 11.4. The van der Waals surface area contributed by atoms with Crippen LogP contribution in [0.5, 0.6) is 0 Å². The van der Waals surface area contributed by atoms with E-state index in [0.717, 1.165) is 53.8 Å². The Morgan fingerprint density at radius 2 is 1.83 bits per heavy atom. The van der Waals surface area contributed by atoms with E-state index in [-0.39, 0.29) is 5.41 Å². The van der Waals surface area contributed by atoms with Crippen molar-refractivity contribution >= 4 is 28.3 Å². The zero-order valence-corrected chi connectivity index (χ0v) is 16.9. The van der Waals surface area contributed by atoms with E-state index in [0.29, 0.717) is 5.92 Å². The number of anilines is 2. The van der Waals surface area contributed by atoms with Gasteiger partial charge in [0.05, 0.1) is 17.2 Å². The lowest BCUT2D eigenvalue weighted by molar-refractivity contribution is 0.423. The van der Waals surface area contributed by atoms with Gasteiger partial charge in [0.25, 0.3) is 0 Å². The van der Waals surface area contributed by atoms with Crippen LogP contribution < -0.4 is 10.2 Å². The molecule has 0 radical (unpaired) electrons. The van der Waals surface area contributed by atoms with Crippen molar-refractivity contribution < 1.29 is 0 Å². The summed E-state index contributed by atoms with van der Waals surface area (Å²) < 4.78 is 1.87. The van der Waals surface area contributed by atoms with Crippen molar-refractivity contribution in [2.24, 2.45) is 5.92 Å². The number of nitrogens with one attached hydrogen (secondary N) is 1. The molecule has 0 atom stereocenters. The zero-order chi connectivity index (χ0) is 20.0. The number of fused-ring (bicyclic) bond motifs is 2. The van der Waals surface area contributed by atoms with Crippen LogP contribution in [-0.2, 0) is 5.41 Å². The highest BCUT2D eigenvalue weighted by Gasteiger charge is 2.29. The molecule has 0 amide bonds. The molecule has 29 heavy (non-hydrogen) atoms. The Bertz CT molecular complexity index is 1170. The van der Waals surface area contributed by atoms with Gasteiger partial charge in [0, 0.05) is 31.0 Å². The van der Waals surface area contributed by atoms with E-state index in [2.05, 4.69) is 51.2 Å². The lowest BCUT2D eigenvalue weighted by Crippen LogP contribution is -2.50. The van der Waals surface area contributed by atoms with Crippen LogP contribution in [0.2, 0.25) is 0 Å². The molecule has 1 aliphatic rings. The maximum Gasteiger partial charge on any atom is 0.178 e. The topological polar surface area (TPSA) is 84.1 Å². The van der Waals surface area contributed by atoms with Crippen molar-refractivity contribution in [3.8, 4) is 0 Å². The van der Waals surface area contributed by atoms with Gasteiger partial charge in [0.2, 0.25) is 0 Å². The maximum absolute atomic E-state index is 4.79. The number of rotatable bonds is 4. The van der Waals surface area contributed by atoms with Gasteiger partial charge in [-0.05, 0) is 24.3 Å². The highest BCUT2D eigenvalue weighted by atomic mass is 15.4. The van der Waals surface area contributed by atoms with Crippen LogP contribution in [0, 0.1) is 5.92 Å². The van der Waals surface area contributed by atoms with Crippen LogP contribution in [0.3, 0.4) is 0 Å². The first kappa shape index (κ1) is 17.8. The normalized spacial score (nSPS) is 15.1. The van der Waals surface area contributed by atoms with Gasteiger partial charge >= 0.3 is 0 Å². The Morgan fingerprint density at radius 3 is 2.62 bits per heavy atom. The Kier molecular flexibility index (Phi) is 4.08. The predicted molar refractivity (Wildman–Crippen MR) is 113 cm³/mol. The van der Waals surface area contributed by atoms with Crippen molar-refractivity contribution in [2.45, 2.75) is 26.2 Å². The third-order valence-electron chi connectivity index (χ3n) is 5.22. The van der Waals surface area contributed by atoms with Gasteiger partial charge in [-0.25, -0.2) is 4.98 Å². The molecule has 1 aromatic carbocycles. The monoisotopic (exact) mass is 388 g/mol. The molecule has 5 rings (SSSR count). The number of nitrogens with zero attached hydrogens (tertiary/aromatic N) is 7. The average Bonchev–Trinajstić information content (AvgIpc) is 3.10. The van der Waals surface area contributed by atoms with Gasteiger partial charge in [-0.3, -0.25) is 4.98 Å². The Labute approximate surface area is 169 Å². The number of hydrogen-bond donors (Lipinski definition) is 1. The van der Waals surface area contributed by atoms with Crippen LogP contribution in [0.4, 0.5) is 11.6 Å². The molecule has 4 aromatic rings. The highest BCUT2D eigenvalue weighted by Crippen LogP contribution is 2.25. The average molecular weight is 388 g/mol. The second-order valence-electron chi connectivity index (χ2n) is 8.63. The minimum absolute atomic E-state index is 0.104. The first-order chi connectivity index (χ1) is 14.0. The lowest BCUT2D eigenvalue weighted by Gasteiger charge is -2.40. The summed E-state index contributed by atoms with van der Waals surface area (Å²) in [5.41, 5.74) is 2.51. The van der Waals surface area contributed by atoms with Crippen molar-refractivity contribution in [3.05, 3.63) is 48.4 Å². The predicted octanol–water partition coefficient (Wildman–Crippen LogP) is 2.91. The van der Waals surface area contributed by atoms with E-state index in [1.54, 1.807) is 6.20 Å². The van der Waals surface area contributed by atoms with Crippen LogP contribution in [0.1, 0.15) is 26.6 Å². The number of hydrogen-bond acceptors (Lipinski definition) is 7. The maximum atomic E-state index is 4.79. The van der Waals surface area contributed by atoms with E-state index in [4.69, 9.17) is 5.10 Å². The van der Waals surface area contributed by atoms with Crippen LogP contribution in [-0.4, -0.2) is 49.4 Å². The zero-order valence-electron chi connectivity index (χ0n) is 16.9. The lowest BCUT2D eigenvalue weighted by atomic mass is 9.96. The van der Waals surface area contributed by atoms with Gasteiger partial charge in [0.15, 0.2) is 11.5 Å². The molecule has 1 N–H and O–H groups in total. The molecule has 8 nitrogen and oxygen atoms in total. The molecule has 0 aliphatic carbocycles. The quantitative estimate of drug-likeness (QED) is 0.575. The van der Waals surface area contributed by atoms with Gasteiger partial charge < -0.3 is 10.2 Å². The first-order valence-electron chi connectivity index (χ1n) is 9.91. The largest absolute Gasteiger partial charge is 0.368 e. The Balaban J connectivity index is 1.23. The first-order valence-corrected chi connectivity index (χ1v) is 9.91. The number of aromatic nitrogens is 6. The second kappa shape index (κ2) is 6.65. The summed E-state index contributed by atoms with van der Waals surface area (Å²) in [5.74, 6) is 3.21. The van der Waals surface area contributed by atoms with E-state index in [9.17, 15) is 0 Å². The molecular weight excluding hydrogens is 364 g/mol. The molecule has 0 spiro atoms. The Hall–Kier alpha value is -3.29. The fraction of sp³-hybridized carbons (Fsp3) is 0.381. The molecular formula is C21H24N8. The summed E-state index contributed by atoms with van der Waals surface area (Å²) in [6.45, 7) is 9.15. The van der Waals surface area contributed by atoms with Crippen molar-refractivity contribution in [1.29, 1.82) is 0 Å². The summed E-state index contributed by atoms with van der Waals surface area (Å²) in [6, 6.07) is 11.9. The second-order valence-corrected chi connectivity index (χ2v) is 8.63. The molecule has 8 heteroatoms. The van der Waals surface area contributed by atoms with E-state index in [1.807, 2.05) is 40.9 Å². The molecule has 148 valence electrons. The SMILES string of the molecule is CC(C)(C)c1nnc2ccc(N3CC(CNc4cnc5ccccc5n4)C3)nn12. The van der Waals surface area contributed by atoms with Gasteiger partial charge in [-0.15, -0.1) is 15.3 Å². The molecule has 1 fully saturated rings. The smallest absolute Gasteiger partial charge is 0.178 e. The van der Waals surface area contributed by atoms with E-state index < -0.39 is 0 Å². The summed E-state index contributed by atoms with van der Waals surface area (Å²) in [5, 5.41) is 16.8. The molecule has 4 heterocycles. The summed E-state index contributed by atoms with van der Waals surface area (Å²) in [6.07, 6.45) is 1.80. The van der Waals surface area contributed by atoms with E-state index >= 15 is 0 Å². The molecule has 1 aliphatic heterocycles. The minimum atomic E-state index is -0.104. The van der Waals surface area contributed by atoms with Crippen LogP contribution in [0.15, 0.2) is 42.6 Å². The fourth-order valence-electron chi connectivity index (χ4n) is 3.59. The van der Waals surface area contributed by atoms with Gasteiger partial charge in [-0.1, -0.05) is 32.9 Å². The molecule has 1 saturated heterocycles. The standard InChI is InChI=1S/C21H24N8/c1-21(2,3)20-26-25-18-8-9-19(27-29(18)20)28-12-14(13-28)10-23-17-11-22-15-6-4-5-7-16(15)24-17/h4-9,11,14H,10,12-13H2,1-3H3,(H,23,24). The highest BCUT2D eigenvalue weighted by molar-refractivity contribution is 5.75. The van der Waals surface area contributed by atoms with Gasteiger partial charge in [-0.2, -0.15) is 4.52 Å². The number of benzene rings is 1. The van der Waals surface area contributed by atoms with Crippen molar-refractivity contribution in [3.63, 3.8) is 0 Å². The third-order valence-corrected chi connectivity index (χ3v) is 5.22. The summed E-state index contributed by atoms with van der Waals surface area (Å²) in [7, 11) is 0. The van der Waals surface area contributed by atoms with Crippen LogP contribution in [0.25, 0.3) is 16.7 Å². The van der Waals surface area contributed by atoms with E-state index in [1.165, 1.54) is 0 Å². The summed E-state index contributed by atoms with van der Waals surface area (Å²) >= 11 is 0.